The highest BCUT2D eigenvalue weighted by Gasteiger charge is 2.28. The van der Waals surface area contributed by atoms with Crippen LogP contribution in [-0.4, -0.2) is 38.1 Å². The molecule has 0 aliphatic heterocycles. The number of carbonyl (C=O) groups excluding carboxylic acids is 2. The highest BCUT2D eigenvalue weighted by molar-refractivity contribution is 5.89. The number of nitrogens with one attached hydrogen (secondary N) is 2. The Balaban J connectivity index is 1.70. The van der Waals surface area contributed by atoms with Crippen LogP contribution in [0.2, 0.25) is 0 Å². The molecule has 2 aromatic carbocycles. The number of likely N-dealkylation sites (N-methyl/N-ethyl adjacent to an activating group) is 1. The summed E-state index contributed by atoms with van der Waals surface area (Å²) in [6.45, 7) is 0. The molecule has 0 bridgehead atoms. The van der Waals surface area contributed by atoms with E-state index in [0.717, 1.165) is 23.1 Å². The Kier molecular flexibility index (Phi) is 6.61. The Labute approximate surface area is 165 Å². The fraction of sp³-hybridized carbons (Fsp3) is 0.304. The molecule has 0 saturated heterocycles. The van der Waals surface area contributed by atoms with E-state index in [9.17, 15) is 9.59 Å². The minimum Gasteiger partial charge on any atom is -0.467 e. The summed E-state index contributed by atoms with van der Waals surface area (Å²) in [5, 5.41) is 5.92. The molecule has 2 N–H and O–H groups in total. The lowest BCUT2D eigenvalue weighted by molar-refractivity contribution is -0.145. The molecule has 2 atom stereocenters. The van der Waals surface area contributed by atoms with Crippen LogP contribution >= 0.6 is 0 Å². The van der Waals surface area contributed by atoms with Crippen molar-refractivity contribution in [1.29, 1.82) is 0 Å². The second kappa shape index (κ2) is 9.33. The third kappa shape index (κ3) is 4.67. The number of amides is 1. The van der Waals surface area contributed by atoms with E-state index in [1.54, 1.807) is 7.05 Å². The average molecular weight is 378 g/mol. The zero-order valence-corrected chi connectivity index (χ0v) is 16.3. The average Bonchev–Trinajstić information content (AvgIpc) is 3.14. The molecule has 0 aromatic heterocycles. The molecule has 0 spiro atoms. The molecule has 5 nitrogen and oxygen atoms in total. The van der Waals surface area contributed by atoms with Crippen molar-refractivity contribution in [3.8, 4) is 0 Å². The van der Waals surface area contributed by atoms with Crippen LogP contribution in [0.25, 0.3) is 5.57 Å². The van der Waals surface area contributed by atoms with E-state index in [2.05, 4.69) is 28.8 Å². The molecule has 1 aliphatic carbocycles. The molecule has 146 valence electrons. The van der Waals surface area contributed by atoms with Crippen LogP contribution in [0.1, 0.15) is 23.1 Å². The smallest absolute Gasteiger partial charge is 0.328 e. The number of allylic oxidation sites excluding steroid dienone is 1. The van der Waals surface area contributed by atoms with Crippen LogP contribution < -0.4 is 10.6 Å². The Bertz CT molecular complexity index is 861. The highest BCUT2D eigenvalue weighted by Crippen LogP contribution is 2.30. The minimum absolute atomic E-state index is 0.214. The molecule has 0 saturated carbocycles. The third-order valence-corrected chi connectivity index (χ3v) is 5.11. The highest BCUT2D eigenvalue weighted by atomic mass is 16.5. The number of benzene rings is 2. The van der Waals surface area contributed by atoms with Gasteiger partial charge in [0.25, 0.3) is 0 Å². The summed E-state index contributed by atoms with van der Waals surface area (Å²) in [6.07, 6.45) is 3.92. The first kappa shape index (κ1) is 19.8. The summed E-state index contributed by atoms with van der Waals surface area (Å²) >= 11 is 0. The van der Waals surface area contributed by atoms with E-state index in [4.69, 9.17) is 4.74 Å². The van der Waals surface area contributed by atoms with Crippen LogP contribution in [0.5, 0.6) is 0 Å². The molecule has 2 unspecified atom stereocenters. The van der Waals surface area contributed by atoms with Crippen molar-refractivity contribution in [3.05, 3.63) is 77.4 Å². The number of hydrogen-bond donors (Lipinski definition) is 2. The van der Waals surface area contributed by atoms with Crippen LogP contribution in [0.3, 0.4) is 0 Å². The number of rotatable bonds is 8. The lowest BCUT2D eigenvalue weighted by atomic mass is 9.99. The Morgan fingerprint density at radius 3 is 2.43 bits per heavy atom. The number of esters is 1. The van der Waals surface area contributed by atoms with Crippen LogP contribution in [0.4, 0.5) is 0 Å². The molecule has 2 aromatic rings. The van der Waals surface area contributed by atoms with Gasteiger partial charge in [-0.15, -0.1) is 0 Å². The van der Waals surface area contributed by atoms with Gasteiger partial charge < -0.3 is 15.4 Å². The first-order valence-corrected chi connectivity index (χ1v) is 9.49. The number of carbonyl (C=O) groups is 2. The summed E-state index contributed by atoms with van der Waals surface area (Å²) in [5.41, 5.74) is 4.50. The molecule has 0 fully saturated rings. The fourth-order valence-corrected chi connectivity index (χ4v) is 3.55. The van der Waals surface area contributed by atoms with E-state index in [1.807, 2.05) is 42.5 Å². The van der Waals surface area contributed by atoms with Crippen molar-refractivity contribution in [2.75, 3.05) is 14.2 Å². The molecule has 5 heteroatoms. The molecule has 0 radical (unpaired) electrons. The number of ether oxygens (including phenoxy) is 1. The topological polar surface area (TPSA) is 67.4 Å². The Morgan fingerprint density at radius 2 is 1.71 bits per heavy atom. The maximum Gasteiger partial charge on any atom is 0.328 e. The van der Waals surface area contributed by atoms with Gasteiger partial charge in [0, 0.05) is 6.42 Å². The summed E-state index contributed by atoms with van der Waals surface area (Å²) in [7, 11) is 3.09. The molecule has 28 heavy (non-hydrogen) atoms. The van der Waals surface area contributed by atoms with Crippen molar-refractivity contribution >= 4 is 17.4 Å². The van der Waals surface area contributed by atoms with Crippen molar-refractivity contribution in [1.82, 2.24) is 10.6 Å². The summed E-state index contributed by atoms with van der Waals surface area (Å²) in [6, 6.07) is 16.8. The summed E-state index contributed by atoms with van der Waals surface area (Å²) < 4.78 is 4.94. The van der Waals surface area contributed by atoms with Crippen LogP contribution in [-0.2, 0) is 27.2 Å². The lowest BCUT2D eigenvalue weighted by Gasteiger charge is -2.22. The summed E-state index contributed by atoms with van der Waals surface area (Å²) in [5.74, 6) is -0.651. The van der Waals surface area contributed by atoms with Crippen LogP contribution in [0.15, 0.2) is 60.7 Å². The van der Waals surface area contributed by atoms with E-state index in [1.165, 1.54) is 12.7 Å². The number of hydrogen-bond acceptors (Lipinski definition) is 4. The van der Waals surface area contributed by atoms with Crippen molar-refractivity contribution in [2.45, 2.75) is 31.3 Å². The fourth-order valence-electron chi connectivity index (χ4n) is 3.55. The monoisotopic (exact) mass is 378 g/mol. The molecule has 1 amide bonds. The predicted octanol–water partition coefficient (Wildman–Crippen LogP) is 2.50. The predicted molar refractivity (Wildman–Crippen MR) is 110 cm³/mol. The van der Waals surface area contributed by atoms with Gasteiger partial charge in [0.2, 0.25) is 5.91 Å². The lowest BCUT2D eigenvalue weighted by Crippen LogP contribution is -2.50. The largest absolute Gasteiger partial charge is 0.467 e. The van der Waals surface area contributed by atoms with Gasteiger partial charge in [-0.1, -0.05) is 60.7 Å². The maximum absolute atomic E-state index is 12.8. The molecular weight excluding hydrogens is 352 g/mol. The number of fused-ring (bicyclic) bond motifs is 1. The number of methoxy groups -OCH3 is 1. The van der Waals surface area contributed by atoms with E-state index < -0.39 is 18.1 Å². The van der Waals surface area contributed by atoms with Gasteiger partial charge in [-0.05, 0) is 42.2 Å². The van der Waals surface area contributed by atoms with Crippen LogP contribution in [0, 0.1) is 0 Å². The molecule has 0 heterocycles. The normalized spacial score (nSPS) is 14.6. The van der Waals surface area contributed by atoms with Gasteiger partial charge in [-0.25, -0.2) is 4.79 Å². The second-order valence-corrected chi connectivity index (χ2v) is 6.91. The van der Waals surface area contributed by atoms with Gasteiger partial charge in [-0.3, -0.25) is 4.79 Å². The molecule has 1 aliphatic rings. The second-order valence-electron chi connectivity index (χ2n) is 6.91. The van der Waals surface area contributed by atoms with E-state index >= 15 is 0 Å². The van der Waals surface area contributed by atoms with Gasteiger partial charge in [0.1, 0.15) is 6.04 Å². The zero-order valence-electron chi connectivity index (χ0n) is 16.3. The maximum atomic E-state index is 12.8. The first-order chi connectivity index (χ1) is 13.6. The van der Waals surface area contributed by atoms with Crippen molar-refractivity contribution < 1.29 is 14.3 Å². The Morgan fingerprint density at radius 1 is 1.00 bits per heavy atom. The van der Waals surface area contributed by atoms with E-state index in [0.29, 0.717) is 12.8 Å². The van der Waals surface area contributed by atoms with E-state index in [-0.39, 0.29) is 5.91 Å². The van der Waals surface area contributed by atoms with Gasteiger partial charge in [-0.2, -0.15) is 0 Å². The minimum atomic E-state index is -0.721. The molecular formula is C23H26N2O3. The van der Waals surface area contributed by atoms with Crippen molar-refractivity contribution in [2.24, 2.45) is 0 Å². The SMILES string of the molecule is CNC(Cc1ccccc1)C(=O)NC(CC1=CCc2ccccc21)C(=O)OC. The molecule has 3 rings (SSSR count). The standard InChI is InChI=1S/C23H26N2O3/c1-24-20(14-16-8-4-3-5-9-16)22(26)25-21(23(27)28-2)15-18-13-12-17-10-6-7-11-19(17)18/h3-11,13,20-21,24H,12,14-15H2,1-2H3,(H,25,26). The van der Waals surface area contributed by atoms with Gasteiger partial charge in [0.15, 0.2) is 0 Å². The van der Waals surface area contributed by atoms with Gasteiger partial charge >= 0.3 is 5.97 Å². The summed E-state index contributed by atoms with van der Waals surface area (Å²) in [4.78, 5) is 25.2. The zero-order chi connectivity index (χ0) is 19.9. The Hall–Kier alpha value is -2.92. The van der Waals surface area contributed by atoms with Crippen molar-refractivity contribution in [3.63, 3.8) is 0 Å². The third-order valence-electron chi connectivity index (χ3n) is 5.11. The quantitative estimate of drug-likeness (QED) is 0.693. The first-order valence-electron chi connectivity index (χ1n) is 9.49. The van der Waals surface area contributed by atoms with Gasteiger partial charge in [0.05, 0.1) is 13.2 Å².